The molecule has 2 heterocycles. The maximum absolute atomic E-state index is 14.0. The smallest absolute Gasteiger partial charge is 0.309 e. The topological polar surface area (TPSA) is 79.3 Å². The molecule has 2 N–H and O–H groups in total. The number of ketones is 1. The number of halogens is 1. The summed E-state index contributed by atoms with van der Waals surface area (Å²) in [5.74, 6) is -0.680. The average Bonchev–Trinajstić information content (AvgIpc) is 3.56. The van der Waals surface area contributed by atoms with Crippen LogP contribution in [0.5, 0.6) is 0 Å². The molecule has 8 heteroatoms. The molecule has 1 aromatic carbocycles. The molecule has 0 radical (unpaired) electrons. The molecule has 0 aliphatic heterocycles. The van der Waals surface area contributed by atoms with Gasteiger partial charge in [-0.2, -0.15) is 0 Å². The fraction of sp³-hybridized carbons (Fsp3) is 0.483. The summed E-state index contributed by atoms with van der Waals surface area (Å²) in [4.78, 5) is 30.3. The van der Waals surface area contributed by atoms with Crippen LogP contribution in [0.1, 0.15) is 89.1 Å². The van der Waals surface area contributed by atoms with Crippen molar-refractivity contribution >= 4 is 40.1 Å². The molecule has 1 saturated carbocycles. The van der Waals surface area contributed by atoms with Gasteiger partial charge in [-0.3, -0.25) is 9.59 Å². The van der Waals surface area contributed by atoms with Crippen molar-refractivity contribution in [1.82, 2.24) is 4.98 Å². The Hall–Kier alpha value is -2.58. The number of carboxylic acid groups (broad SMARTS) is 1. The Morgan fingerprint density at radius 3 is 2.70 bits per heavy atom. The predicted molar refractivity (Wildman–Crippen MR) is 148 cm³/mol. The van der Waals surface area contributed by atoms with Gasteiger partial charge in [0.15, 0.2) is 5.78 Å². The molecule has 2 aromatic heterocycles. The lowest BCUT2D eigenvalue weighted by Crippen LogP contribution is -2.17. The molecular weight excluding hydrogens is 507 g/mol. The number of carbonyl (C=O) groups excluding carboxylic acids is 1. The third-order valence-electron chi connectivity index (χ3n) is 7.43. The van der Waals surface area contributed by atoms with Crippen LogP contribution in [0, 0.1) is 17.7 Å². The quantitative estimate of drug-likeness (QED) is 0.229. The van der Waals surface area contributed by atoms with Gasteiger partial charge < -0.3 is 10.4 Å². The van der Waals surface area contributed by atoms with Crippen LogP contribution in [0.15, 0.2) is 35.7 Å². The van der Waals surface area contributed by atoms with Crippen LogP contribution < -0.4 is 5.32 Å². The summed E-state index contributed by atoms with van der Waals surface area (Å²) in [6, 6.07) is 8.82. The third-order valence-corrected chi connectivity index (χ3v) is 9.62. The van der Waals surface area contributed by atoms with Gasteiger partial charge in [-0.25, -0.2) is 9.37 Å². The number of thiophene rings is 1. The van der Waals surface area contributed by atoms with Crippen LogP contribution in [0.2, 0.25) is 0 Å². The van der Waals surface area contributed by atoms with Crippen molar-refractivity contribution < 1.29 is 19.1 Å². The molecule has 0 bridgehead atoms. The van der Waals surface area contributed by atoms with Gasteiger partial charge in [-0.1, -0.05) is 46.0 Å². The Morgan fingerprint density at radius 1 is 1.16 bits per heavy atom. The van der Waals surface area contributed by atoms with E-state index in [1.165, 1.54) is 60.8 Å². The molecule has 0 saturated heterocycles. The summed E-state index contributed by atoms with van der Waals surface area (Å²) in [5, 5.41) is 15.0. The van der Waals surface area contributed by atoms with Crippen molar-refractivity contribution in [2.75, 3.05) is 5.32 Å². The average molecular weight is 543 g/mol. The first-order valence-corrected chi connectivity index (χ1v) is 14.8. The summed E-state index contributed by atoms with van der Waals surface area (Å²) >= 11 is 2.89. The van der Waals surface area contributed by atoms with Gasteiger partial charge in [-0.15, -0.1) is 22.7 Å². The van der Waals surface area contributed by atoms with Crippen molar-refractivity contribution in [2.24, 2.45) is 11.8 Å². The first-order valence-electron chi connectivity index (χ1n) is 13.1. The monoisotopic (exact) mass is 542 g/mol. The maximum atomic E-state index is 14.0. The molecule has 5 nitrogen and oxygen atoms in total. The summed E-state index contributed by atoms with van der Waals surface area (Å²) < 4.78 is 14.0. The van der Waals surface area contributed by atoms with Crippen molar-refractivity contribution in [1.29, 1.82) is 0 Å². The molecule has 1 fully saturated rings. The molecule has 37 heavy (non-hydrogen) atoms. The van der Waals surface area contributed by atoms with E-state index in [1.807, 2.05) is 32.0 Å². The summed E-state index contributed by atoms with van der Waals surface area (Å²) in [6.07, 6.45) is 8.40. The highest BCUT2D eigenvalue weighted by atomic mass is 32.1. The first kappa shape index (κ1) is 27.5. The van der Waals surface area contributed by atoms with Gasteiger partial charge in [0.1, 0.15) is 5.82 Å². The maximum Gasteiger partial charge on any atom is 0.309 e. The van der Waals surface area contributed by atoms with Crippen molar-refractivity contribution in [3.05, 3.63) is 67.5 Å². The number of aliphatic carboxylic acids is 1. The van der Waals surface area contributed by atoms with Crippen LogP contribution in [0.25, 0.3) is 0 Å². The number of Topliss-reactive ketones (excluding diaryl/α,β-unsaturated/α-hetero) is 1. The van der Waals surface area contributed by atoms with Crippen LogP contribution in [-0.2, 0) is 24.2 Å². The van der Waals surface area contributed by atoms with Gasteiger partial charge >= 0.3 is 5.97 Å². The number of carbonyl (C=O) groups is 2. The van der Waals surface area contributed by atoms with Crippen LogP contribution >= 0.6 is 22.7 Å². The zero-order chi connectivity index (χ0) is 26.4. The number of benzene rings is 1. The van der Waals surface area contributed by atoms with Gasteiger partial charge in [0, 0.05) is 34.3 Å². The fourth-order valence-electron chi connectivity index (χ4n) is 5.00. The van der Waals surface area contributed by atoms with E-state index in [0.717, 1.165) is 39.9 Å². The van der Waals surface area contributed by atoms with Gasteiger partial charge in [0.25, 0.3) is 0 Å². The second-order valence-corrected chi connectivity index (χ2v) is 12.2. The minimum absolute atomic E-state index is 0.0636. The summed E-state index contributed by atoms with van der Waals surface area (Å²) in [5.41, 5.74) is 2.51. The number of thiazole rings is 1. The molecule has 3 aromatic rings. The zero-order valence-electron chi connectivity index (χ0n) is 21.5. The normalized spacial score (nSPS) is 15.9. The van der Waals surface area contributed by atoms with E-state index in [-0.39, 0.29) is 29.9 Å². The second kappa shape index (κ2) is 12.8. The van der Waals surface area contributed by atoms with Gasteiger partial charge in [0.2, 0.25) is 0 Å². The van der Waals surface area contributed by atoms with Crippen molar-refractivity contribution in [2.45, 2.75) is 77.7 Å². The van der Waals surface area contributed by atoms with Crippen LogP contribution in [0.3, 0.4) is 0 Å². The Bertz CT molecular complexity index is 1220. The SMILES string of the molecule is C[C@H](c1nc(CC(=O)O)cs1)[C@@H](C)C(=O)c1ccc(CNc2ccc(F)cc2CCC2CCCCC2)s1. The van der Waals surface area contributed by atoms with Crippen molar-refractivity contribution in [3.63, 3.8) is 0 Å². The Balaban J connectivity index is 1.35. The highest BCUT2D eigenvalue weighted by Gasteiger charge is 2.26. The number of aromatic nitrogens is 1. The van der Waals surface area contributed by atoms with Crippen LogP contribution in [0.4, 0.5) is 10.1 Å². The second-order valence-electron chi connectivity index (χ2n) is 10.2. The van der Waals surface area contributed by atoms with E-state index in [9.17, 15) is 14.0 Å². The Morgan fingerprint density at radius 2 is 1.95 bits per heavy atom. The lowest BCUT2D eigenvalue weighted by atomic mass is 9.85. The number of hydrogen-bond acceptors (Lipinski definition) is 6. The fourth-order valence-corrected chi connectivity index (χ4v) is 6.96. The van der Waals surface area contributed by atoms with E-state index in [0.29, 0.717) is 17.1 Å². The summed E-state index contributed by atoms with van der Waals surface area (Å²) in [6.45, 7) is 4.44. The van der Waals surface area contributed by atoms with Crippen molar-refractivity contribution in [3.8, 4) is 0 Å². The summed E-state index contributed by atoms with van der Waals surface area (Å²) in [7, 11) is 0. The zero-order valence-corrected chi connectivity index (χ0v) is 23.1. The number of rotatable bonds is 12. The molecule has 1 aliphatic carbocycles. The van der Waals surface area contributed by atoms with Gasteiger partial charge in [0.05, 0.1) is 22.0 Å². The number of anilines is 1. The molecule has 0 spiro atoms. The lowest BCUT2D eigenvalue weighted by Gasteiger charge is -2.22. The number of nitrogens with one attached hydrogen (secondary N) is 1. The molecule has 1 aliphatic rings. The Labute approximate surface area is 226 Å². The standard InChI is InChI=1S/C29H35FN2O3S2/c1-18(19(2)29-32-23(17-36-29)15-27(33)34)28(35)26-13-11-24(37-26)16-31-25-12-10-22(30)14-21(25)9-8-20-6-4-3-5-7-20/h10-14,17-20,31H,3-9,15-16H2,1-2H3,(H,33,34)/t18-,19+/m1/s1. The number of aryl methyl sites for hydroxylation is 1. The molecule has 0 unspecified atom stereocenters. The highest BCUT2D eigenvalue weighted by molar-refractivity contribution is 7.14. The van der Waals surface area contributed by atoms with E-state index < -0.39 is 5.97 Å². The van der Waals surface area contributed by atoms with Gasteiger partial charge in [-0.05, 0) is 54.7 Å². The van der Waals surface area contributed by atoms with E-state index in [4.69, 9.17) is 5.11 Å². The molecule has 0 amide bonds. The third kappa shape index (κ3) is 7.48. The number of carboxylic acids is 1. The van der Waals surface area contributed by atoms with E-state index >= 15 is 0 Å². The Kier molecular flexibility index (Phi) is 9.49. The molecular formula is C29H35FN2O3S2. The van der Waals surface area contributed by atoms with Crippen LogP contribution in [-0.4, -0.2) is 21.8 Å². The minimum atomic E-state index is -0.912. The largest absolute Gasteiger partial charge is 0.481 e. The molecule has 4 rings (SSSR count). The highest BCUT2D eigenvalue weighted by Crippen LogP contribution is 2.32. The van der Waals surface area contributed by atoms with E-state index in [2.05, 4.69) is 10.3 Å². The van der Waals surface area contributed by atoms with E-state index in [1.54, 1.807) is 11.4 Å². The lowest BCUT2D eigenvalue weighted by molar-refractivity contribution is -0.136. The number of nitrogens with zero attached hydrogens (tertiary/aromatic N) is 1. The molecule has 2 atom stereocenters. The molecule has 198 valence electrons. The first-order chi connectivity index (χ1) is 17.8. The number of hydrogen-bond donors (Lipinski definition) is 2. The minimum Gasteiger partial charge on any atom is -0.481 e. The predicted octanol–water partition coefficient (Wildman–Crippen LogP) is 7.72.